The lowest BCUT2D eigenvalue weighted by atomic mass is 10.0. The molecule has 0 saturated carbocycles. The SMILES string of the molecule is COC(=O)c1ccccc1-n1ncc(N2CCC(NC(=O)c3ccccc3C)CC2)c(Cl)c1=O. The Morgan fingerprint density at radius 2 is 1.68 bits per heavy atom. The molecule has 8 nitrogen and oxygen atoms in total. The zero-order chi connectivity index (χ0) is 24.2. The van der Waals surface area contributed by atoms with E-state index in [9.17, 15) is 14.4 Å². The zero-order valence-corrected chi connectivity index (χ0v) is 19.7. The van der Waals surface area contributed by atoms with Gasteiger partial charge in [-0.25, -0.2) is 4.79 Å². The van der Waals surface area contributed by atoms with Crippen LogP contribution in [-0.2, 0) is 4.74 Å². The zero-order valence-electron chi connectivity index (χ0n) is 19.0. The van der Waals surface area contributed by atoms with Gasteiger partial charge in [0.1, 0.15) is 5.02 Å². The Morgan fingerprint density at radius 3 is 2.35 bits per heavy atom. The molecule has 3 aromatic rings. The molecule has 0 spiro atoms. The van der Waals surface area contributed by atoms with Crippen LogP contribution in [0.1, 0.15) is 39.1 Å². The van der Waals surface area contributed by atoms with Gasteiger partial charge < -0.3 is 15.0 Å². The number of amides is 1. The fourth-order valence-electron chi connectivity index (χ4n) is 4.11. The molecule has 0 bridgehead atoms. The van der Waals surface area contributed by atoms with Gasteiger partial charge in [-0.1, -0.05) is 41.9 Å². The minimum absolute atomic E-state index is 0.0251. The molecule has 2 heterocycles. The largest absolute Gasteiger partial charge is 0.465 e. The molecule has 0 unspecified atom stereocenters. The average molecular weight is 481 g/mol. The lowest BCUT2D eigenvalue weighted by Crippen LogP contribution is -2.45. The number of hydrogen-bond donors (Lipinski definition) is 1. The molecule has 1 aromatic heterocycles. The first-order valence-electron chi connectivity index (χ1n) is 11.0. The number of carbonyl (C=O) groups excluding carboxylic acids is 2. The van der Waals surface area contributed by atoms with E-state index in [1.54, 1.807) is 24.3 Å². The van der Waals surface area contributed by atoms with Crippen molar-refractivity contribution < 1.29 is 14.3 Å². The van der Waals surface area contributed by atoms with Gasteiger partial charge in [0.05, 0.1) is 30.2 Å². The summed E-state index contributed by atoms with van der Waals surface area (Å²) in [5, 5.41) is 7.41. The Balaban J connectivity index is 1.48. The van der Waals surface area contributed by atoms with Crippen molar-refractivity contribution in [1.29, 1.82) is 0 Å². The van der Waals surface area contributed by atoms with E-state index < -0.39 is 11.5 Å². The summed E-state index contributed by atoms with van der Waals surface area (Å²) >= 11 is 6.46. The van der Waals surface area contributed by atoms with Crippen LogP contribution in [0.5, 0.6) is 0 Å². The number of hydrogen-bond acceptors (Lipinski definition) is 6. The minimum atomic E-state index is -0.570. The number of para-hydroxylation sites is 1. The molecule has 0 radical (unpaired) electrons. The van der Waals surface area contributed by atoms with Crippen molar-refractivity contribution in [2.24, 2.45) is 0 Å². The highest BCUT2D eigenvalue weighted by atomic mass is 35.5. The number of rotatable bonds is 5. The van der Waals surface area contributed by atoms with Crippen molar-refractivity contribution in [3.63, 3.8) is 0 Å². The molecule has 1 fully saturated rings. The number of piperidine rings is 1. The third kappa shape index (κ3) is 4.68. The van der Waals surface area contributed by atoms with Gasteiger partial charge in [0.2, 0.25) is 0 Å². The summed E-state index contributed by atoms with van der Waals surface area (Å²) in [7, 11) is 1.28. The van der Waals surface area contributed by atoms with Crippen LogP contribution in [0.15, 0.2) is 59.5 Å². The molecule has 0 atom stereocenters. The van der Waals surface area contributed by atoms with Crippen LogP contribution in [0.2, 0.25) is 5.02 Å². The molecule has 1 amide bonds. The van der Waals surface area contributed by atoms with E-state index in [2.05, 4.69) is 10.4 Å². The van der Waals surface area contributed by atoms with Crippen molar-refractivity contribution in [2.75, 3.05) is 25.1 Å². The van der Waals surface area contributed by atoms with E-state index in [1.165, 1.54) is 13.3 Å². The van der Waals surface area contributed by atoms with Crippen molar-refractivity contribution in [2.45, 2.75) is 25.8 Å². The Hall–Kier alpha value is -3.65. The molecule has 1 saturated heterocycles. The van der Waals surface area contributed by atoms with E-state index in [0.29, 0.717) is 42.9 Å². The van der Waals surface area contributed by atoms with Gasteiger partial charge in [0.15, 0.2) is 0 Å². The highest BCUT2D eigenvalue weighted by Crippen LogP contribution is 2.26. The van der Waals surface area contributed by atoms with Gasteiger partial charge >= 0.3 is 5.97 Å². The van der Waals surface area contributed by atoms with E-state index in [0.717, 1.165) is 10.2 Å². The van der Waals surface area contributed by atoms with Gasteiger partial charge in [-0.15, -0.1) is 0 Å². The number of esters is 1. The summed E-state index contributed by atoms with van der Waals surface area (Å²) < 4.78 is 5.91. The molecule has 2 aromatic carbocycles. The maximum Gasteiger partial charge on any atom is 0.340 e. The molecular formula is C25H25ClN4O4. The van der Waals surface area contributed by atoms with Gasteiger partial charge in [0.25, 0.3) is 11.5 Å². The second kappa shape index (κ2) is 10.1. The first kappa shape index (κ1) is 23.5. The number of ether oxygens (including phenoxy) is 1. The highest BCUT2D eigenvalue weighted by Gasteiger charge is 2.25. The number of benzene rings is 2. The van der Waals surface area contributed by atoms with Crippen LogP contribution >= 0.6 is 11.6 Å². The van der Waals surface area contributed by atoms with Gasteiger partial charge in [-0.2, -0.15) is 9.78 Å². The number of carbonyl (C=O) groups is 2. The van der Waals surface area contributed by atoms with Crippen molar-refractivity contribution in [3.8, 4) is 5.69 Å². The summed E-state index contributed by atoms with van der Waals surface area (Å²) in [4.78, 5) is 39.7. The number of nitrogens with zero attached hydrogens (tertiary/aromatic N) is 3. The fourth-order valence-corrected chi connectivity index (χ4v) is 4.36. The van der Waals surface area contributed by atoms with Crippen molar-refractivity contribution >= 4 is 29.2 Å². The number of halogens is 1. The molecule has 1 aliphatic rings. The topological polar surface area (TPSA) is 93.5 Å². The fraction of sp³-hybridized carbons (Fsp3) is 0.280. The van der Waals surface area contributed by atoms with Crippen LogP contribution in [0.3, 0.4) is 0 Å². The van der Waals surface area contributed by atoms with E-state index in [4.69, 9.17) is 16.3 Å². The van der Waals surface area contributed by atoms with Crippen molar-refractivity contribution in [3.05, 3.63) is 86.8 Å². The Kier molecular flexibility index (Phi) is 6.98. The van der Waals surface area contributed by atoms with Gasteiger partial charge in [-0.05, 0) is 43.5 Å². The predicted molar refractivity (Wildman–Crippen MR) is 130 cm³/mol. The highest BCUT2D eigenvalue weighted by molar-refractivity contribution is 6.33. The lowest BCUT2D eigenvalue weighted by molar-refractivity contribution is 0.0600. The average Bonchev–Trinajstić information content (AvgIpc) is 2.86. The number of methoxy groups -OCH3 is 1. The Labute approximate surface area is 202 Å². The standard InChI is InChI=1S/C25H25ClN4O4/c1-16-7-3-4-8-18(16)23(31)28-17-11-13-29(14-12-17)21-15-27-30(24(32)22(21)26)20-10-6-5-9-19(20)25(33)34-2/h3-10,15,17H,11-14H2,1-2H3,(H,28,31). The smallest absolute Gasteiger partial charge is 0.340 e. The van der Waals surface area contributed by atoms with Gasteiger partial charge in [-0.3, -0.25) is 9.59 Å². The summed E-state index contributed by atoms with van der Waals surface area (Å²) in [5.41, 5.74) is 2.13. The van der Waals surface area contributed by atoms with E-state index in [1.807, 2.05) is 36.1 Å². The Morgan fingerprint density at radius 1 is 1.03 bits per heavy atom. The second-order valence-electron chi connectivity index (χ2n) is 8.12. The first-order chi connectivity index (χ1) is 16.4. The third-order valence-electron chi connectivity index (χ3n) is 6.00. The Bertz CT molecular complexity index is 1280. The quantitative estimate of drug-likeness (QED) is 0.563. The minimum Gasteiger partial charge on any atom is -0.465 e. The molecule has 1 aliphatic heterocycles. The van der Waals surface area contributed by atoms with Crippen LogP contribution in [0.4, 0.5) is 5.69 Å². The summed E-state index contributed by atoms with van der Waals surface area (Å²) in [5.74, 6) is -0.651. The predicted octanol–water partition coefficient (Wildman–Crippen LogP) is 3.38. The molecule has 176 valence electrons. The summed E-state index contributed by atoms with van der Waals surface area (Å²) in [6.07, 6.45) is 2.95. The molecule has 9 heteroatoms. The van der Waals surface area contributed by atoms with Crippen LogP contribution < -0.4 is 15.8 Å². The number of anilines is 1. The normalized spacial score (nSPS) is 14.0. The molecular weight excluding hydrogens is 456 g/mol. The monoisotopic (exact) mass is 480 g/mol. The van der Waals surface area contributed by atoms with E-state index >= 15 is 0 Å². The second-order valence-corrected chi connectivity index (χ2v) is 8.50. The van der Waals surface area contributed by atoms with Gasteiger partial charge in [0, 0.05) is 24.7 Å². The maximum atomic E-state index is 13.0. The maximum absolute atomic E-state index is 13.0. The first-order valence-corrected chi connectivity index (χ1v) is 11.4. The number of nitrogens with one attached hydrogen (secondary N) is 1. The number of aryl methyl sites for hydroxylation is 1. The molecule has 34 heavy (non-hydrogen) atoms. The van der Waals surface area contributed by atoms with Crippen molar-refractivity contribution in [1.82, 2.24) is 15.1 Å². The van der Waals surface area contributed by atoms with Crippen LogP contribution in [-0.4, -0.2) is 47.9 Å². The molecule has 4 rings (SSSR count). The number of aromatic nitrogens is 2. The summed E-state index contributed by atoms with van der Waals surface area (Å²) in [6, 6.07) is 14.1. The van der Waals surface area contributed by atoms with Crippen LogP contribution in [0.25, 0.3) is 5.69 Å². The summed E-state index contributed by atoms with van der Waals surface area (Å²) in [6.45, 7) is 3.14. The lowest BCUT2D eigenvalue weighted by Gasteiger charge is -2.34. The van der Waals surface area contributed by atoms with Crippen LogP contribution in [0, 0.1) is 6.92 Å². The molecule has 1 N–H and O–H groups in total. The van der Waals surface area contributed by atoms with E-state index in [-0.39, 0.29) is 22.5 Å². The molecule has 0 aliphatic carbocycles. The third-order valence-corrected chi connectivity index (χ3v) is 6.35.